The standard InChI is InChI=1S/C9H8.C6H6.C5H5N.C5H6.4C5H12.C4H4N2.3C2H6.2CH4/c1-2-5-9-7-3-6-8(9)4-1;2*1-2-4-6-5-3-1;1-2-4-5-3-1;4*1-5(2,3)4;1-2-5-4-6-3-1;3*1-2;;/h1-6H,7H2;1-6H;1-5H;1-4H,5H2;4*1-4H3;1-4H;3*1-2H3;2*1H4. The molecule has 60 heavy (non-hydrogen) atoms. The molecule has 0 fully saturated rings. The molecule has 0 atom stereocenters. The van der Waals surface area contributed by atoms with Crippen LogP contribution in [0.3, 0.4) is 0 Å². The first-order valence-corrected chi connectivity index (χ1v) is 21.6. The van der Waals surface area contributed by atoms with Crippen molar-refractivity contribution in [1.29, 1.82) is 0 Å². The number of benzene rings is 2. The van der Waals surface area contributed by atoms with Gasteiger partial charge in [0, 0.05) is 24.8 Å². The van der Waals surface area contributed by atoms with Crippen LogP contribution < -0.4 is 0 Å². The fourth-order valence-corrected chi connectivity index (χ4v) is 2.54. The highest BCUT2D eigenvalue weighted by molar-refractivity contribution is 5.59. The zero-order valence-electron chi connectivity index (χ0n) is 42.2. The van der Waals surface area contributed by atoms with Crippen LogP contribution in [0.2, 0.25) is 0 Å². The molecule has 0 radical (unpaired) electrons. The molecular weight excluding hydrogens is 727 g/mol. The second-order valence-electron chi connectivity index (χ2n) is 18.5. The van der Waals surface area contributed by atoms with Crippen LogP contribution in [0.5, 0.6) is 0 Å². The molecule has 0 bridgehead atoms. The van der Waals surface area contributed by atoms with Gasteiger partial charge in [0.1, 0.15) is 6.33 Å². The molecule has 0 N–H and O–H groups in total. The number of allylic oxidation sites excluding steroid dienone is 5. The first kappa shape index (κ1) is 73.4. The topological polar surface area (TPSA) is 38.7 Å². The summed E-state index contributed by atoms with van der Waals surface area (Å²) < 4.78 is 0. The van der Waals surface area contributed by atoms with Crippen LogP contribution in [0, 0.1) is 21.7 Å². The number of fused-ring (bicyclic) bond motifs is 1. The van der Waals surface area contributed by atoms with Crippen molar-refractivity contribution < 1.29 is 0 Å². The maximum absolute atomic E-state index is 3.78. The van der Waals surface area contributed by atoms with Crippen LogP contribution in [0.25, 0.3) is 6.08 Å². The third kappa shape index (κ3) is 117. The Labute approximate surface area is 378 Å². The monoisotopic (exact) mass is 830 g/mol. The van der Waals surface area contributed by atoms with Crippen molar-refractivity contribution in [3.63, 3.8) is 0 Å². The van der Waals surface area contributed by atoms with Gasteiger partial charge in [0.15, 0.2) is 0 Å². The van der Waals surface area contributed by atoms with Gasteiger partial charge in [0.05, 0.1) is 0 Å². The van der Waals surface area contributed by atoms with Crippen LogP contribution in [-0.2, 0) is 6.42 Å². The Morgan fingerprint density at radius 2 is 0.667 bits per heavy atom. The molecule has 0 aliphatic heterocycles. The van der Waals surface area contributed by atoms with Gasteiger partial charge in [0.2, 0.25) is 0 Å². The first-order valence-electron chi connectivity index (χ1n) is 21.6. The van der Waals surface area contributed by atoms with Crippen molar-refractivity contribution in [3.05, 3.63) is 158 Å². The van der Waals surface area contributed by atoms with Crippen LogP contribution in [-0.4, -0.2) is 15.0 Å². The molecule has 2 aromatic carbocycles. The maximum Gasteiger partial charge on any atom is 0.115 e. The largest absolute Gasteiger partial charge is 0.265 e. The molecule has 2 aliphatic carbocycles. The number of aromatic nitrogens is 3. The molecule has 0 saturated carbocycles. The minimum absolute atomic E-state index is 0. The van der Waals surface area contributed by atoms with Crippen molar-refractivity contribution in [2.75, 3.05) is 0 Å². The Hall–Kier alpha value is -4.11. The van der Waals surface area contributed by atoms with E-state index in [1.807, 2.05) is 96.1 Å². The predicted molar refractivity (Wildman–Crippen MR) is 283 cm³/mol. The summed E-state index contributed by atoms with van der Waals surface area (Å²) in [4.78, 5) is 11.1. The molecule has 2 heterocycles. The van der Waals surface area contributed by atoms with Crippen LogP contribution in [0.15, 0.2) is 146 Å². The average Bonchev–Trinajstić information content (AvgIpc) is 3.91. The Kier molecular flexibility index (Phi) is 62.4. The average molecular weight is 830 g/mol. The Morgan fingerprint density at radius 1 is 0.367 bits per heavy atom. The smallest absolute Gasteiger partial charge is 0.115 e. The molecule has 3 heteroatoms. The molecule has 2 aromatic heterocycles. The summed E-state index contributed by atoms with van der Waals surface area (Å²) in [5.41, 5.74) is 4.84. The van der Waals surface area contributed by atoms with Gasteiger partial charge >= 0.3 is 0 Å². The molecule has 346 valence electrons. The lowest BCUT2D eigenvalue weighted by Crippen LogP contribution is -1.93. The summed E-state index contributed by atoms with van der Waals surface area (Å²) in [6.07, 6.45) is 23.4. The van der Waals surface area contributed by atoms with Crippen LogP contribution in [0.4, 0.5) is 0 Å². The molecule has 3 nitrogen and oxygen atoms in total. The third-order valence-corrected chi connectivity index (χ3v) is 4.06. The number of pyridine rings is 1. The zero-order chi connectivity index (χ0) is 46.4. The quantitative estimate of drug-likeness (QED) is 0.177. The molecule has 2 aliphatic rings. The van der Waals surface area contributed by atoms with Crippen molar-refractivity contribution in [2.45, 2.75) is 180 Å². The minimum atomic E-state index is 0. The van der Waals surface area contributed by atoms with Gasteiger partial charge in [-0.2, -0.15) is 0 Å². The van der Waals surface area contributed by atoms with E-state index in [-0.39, 0.29) is 14.9 Å². The van der Waals surface area contributed by atoms with Gasteiger partial charge in [-0.05, 0) is 63.8 Å². The van der Waals surface area contributed by atoms with Gasteiger partial charge in [-0.3, -0.25) is 4.98 Å². The van der Waals surface area contributed by atoms with E-state index >= 15 is 0 Å². The molecule has 0 spiro atoms. The zero-order valence-corrected chi connectivity index (χ0v) is 42.2. The van der Waals surface area contributed by atoms with Gasteiger partial charge in [0.25, 0.3) is 0 Å². The highest BCUT2D eigenvalue weighted by Gasteiger charge is 2.00. The van der Waals surface area contributed by atoms with Gasteiger partial charge in [-0.15, -0.1) is 0 Å². The lowest BCUT2D eigenvalue weighted by Gasteiger charge is -2.05. The number of nitrogens with zero attached hydrogens (tertiary/aromatic N) is 3. The SMILES string of the molecule is C.C.C1=CCC=C1.C1=Cc2ccccc2C1.CC.CC.CC.CC(C)(C)C.CC(C)(C)C.CC(C)(C)C.CC(C)(C)C.c1ccccc1.c1ccncc1.c1cncnc1. The highest BCUT2D eigenvalue weighted by atomic mass is 14.8. The van der Waals surface area contributed by atoms with Gasteiger partial charge in [-0.25, -0.2) is 9.97 Å². The minimum Gasteiger partial charge on any atom is -0.265 e. The Morgan fingerprint density at radius 3 is 0.867 bits per heavy atom. The second kappa shape index (κ2) is 51.0. The van der Waals surface area contributed by atoms with E-state index in [0.717, 1.165) is 12.8 Å². The Bertz CT molecular complexity index is 1130. The summed E-state index contributed by atoms with van der Waals surface area (Å²) in [5, 5.41) is 0. The van der Waals surface area contributed by atoms with Crippen molar-refractivity contribution in [1.82, 2.24) is 15.0 Å². The molecule has 0 amide bonds. The fraction of sp³-hybridized carbons (Fsp3) is 0.526. The number of rotatable bonds is 0. The normalized spacial score (nSPS) is 10.2. The van der Waals surface area contributed by atoms with E-state index in [4.69, 9.17) is 0 Å². The number of hydrogen-bond donors (Lipinski definition) is 0. The van der Waals surface area contributed by atoms with E-state index in [2.05, 4.69) is 186 Å². The summed E-state index contributed by atoms with van der Waals surface area (Å²) in [6.45, 7) is 47.0. The molecule has 0 saturated heterocycles. The third-order valence-electron chi connectivity index (χ3n) is 4.06. The summed E-state index contributed by atoms with van der Waals surface area (Å²) in [5.74, 6) is 0. The van der Waals surface area contributed by atoms with Gasteiger partial charge in [-0.1, -0.05) is 270 Å². The maximum atomic E-state index is 3.78. The fourth-order valence-electron chi connectivity index (χ4n) is 2.54. The van der Waals surface area contributed by atoms with Crippen molar-refractivity contribution in [3.8, 4) is 0 Å². The summed E-state index contributed by atoms with van der Waals surface area (Å²) >= 11 is 0. The van der Waals surface area contributed by atoms with Crippen LogP contribution in [0.1, 0.15) is 185 Å². The molecule has 4 aromatic rings. The Balaban J connectivity index is -0.0000000835. The number of hydrogen-bond acceptors (Lipinski definition) is 3. The predicted octanol–water partition coefficient (Wildman–Crippen LogP) is 19.6. The lowest BCUT2D eigenvalue weighted by atomic mass is 10.0. The van der Waals surface area contributed by atoms with Crippen molar-refractivity contribution >= 4 is 6.08 Å². The molecule has 0 unspecified atom stereocenters. The first-order chi connectivity index (χ1) is 27.0. The second-order valence-corrected chi connectivity index (χ2v) is 18.5. The molecule has 6 rings (SSSR count). The van der Waals surface area contributed by atoms with Crippen LogP contribution >= 0.6 is 0 Å². The lowest BCUT2D eigenvalue weighted by molar-refractivity contribution is 0.469. The van der Waals surface area contributed by atoms with E-state index < -0.39 is 0 Å². The van der Waals surface area contributed by atoms with E-state index in [1.54, 1.807) is 30.9 Å². The van der Waals surface area contributed by atoms with Crippen molar-refractivity contribution in [2.24, 2.45) is 21.7 Å². The highest BCUT2D eigenvalue weighted by Crippen LogP contribution is 2.17. The summed E-state index contributed by atoms with van der Waals surface area (Å²) in [6, 6.07) is 28.0. The molecular formula is C57H103N3. The van der Waals surface area contributed by atoms with Gasteiger partial charge < -0.3 is 0 Å². The van der Waals surface area contributed by atoms with E-state index in [9.17, 15) is 0 Å². The summed E-state index contributed by atoms with van der Waals surface area (Å²) in [7, 11) is 0. The van der Waals surface area contributed by atoms with E-state index in [1.165, 1.54) is 17.5 Å². The van der Waals surface area contributed by atoms with E-state index in [0.29, 0.717) is 21.7 Å².